The van der Waals surface area contributed by atoms with Crippen LogP contribution in [-0.2, 0) is 9.59 Å². The number of pyridine rings is 1. The van der Waals surface area contributed by atoms with Crippen LogP contribution < -0.4 is 5.32 Å². The summed E-state index contributed by atoms with van der Waals surface area (Å²) in [6, 6.07) is 3.71. The third kappa shape index (κ3) is 4.23. The molecule has 1 fully saturated rings. The van der Waals surface area contributed by atoms with E-state index in [1.54, 1.807) is 12.4 Å². The zero-order valence-electron chi connectivity index (χ0n) is 11.2. The second-order valence-electron chi connectivity index (χ2n) is 5.17. The van der Waals surface area contributed by atoms with E-state index in [-0.39, 0.29) is 17.7 Å². The lowest BCUT2D eigenvalue weighted by Crippen LogP contribution is -2.44. The van der Waals surface area contributed by atoms with E-state index >= 15 is 0 Å². The summed E-state index contributed by atoms with van der Waals surface area (Å²) >= 11 is 1.45. The molecule has 1 aromatic heterocycles. The average Bonchev–Trinajstić information content (AvgIpc) is 2.40. The van der Waals surface area contributed by atoms with Crippen molar-refractivity contribution < 1.29 is 14.7 Å². The predicted octanol–water partition coefficient (Wildman–Crippen LogP) is 1.93. The van der Waals surface area contributed by atoms with Gasteiger partial charge < -0.3 is 10.4 Å². The smallest absolute Gasteiger partial charge is 0.303 e. The van der Waals surface area contributed by atoms with Crippen molar-refractivity contribution in [1.82, 2.24) is 10.3 Å². The van der Waals surface area contributed by atoms with Gasteiger partial charge >= 0.3 is 5.97 Å². The molecule has 1 aromatic rings. The fraction of sp³-hybridized carbons (Fsp3) is 0.500. The molecule has 1 saturated carbocycles. The highest BCUT2D eigenvalue weighted by Gasteiger charge is 2.39. The van der Waals surface area contributed by atoms with Crippen LogP contribution in [0.1, 0.15) is 25.7 Å². The summed E-state index contributed by atoms with van der Waals surface area (Å²) in [6.45, 7) is 0.467. The molecule has 1 heterocycles. The number of carbonyl (C=O) groups excluding carboxylic acids is 1. The van der Waals surface area contributed by atoms with Crippen LogP contribution in [0.3, 0.4) is 0 Å². The number of nitrogens with zero attached hydrogens (tertiary/aromatic N) is 1. The first-order valence-corrected chi connectivity index (χ1v) is 7.60. The molecule has 2 rings (SSSR count). The standard InChI is InChI=1S/C14H18N2O3S/c17-12(9-20-11-2-6-15-7-3-11)16-10-14(4-1-5-14)8-13(18)19/h2-3,6-7H,1,4-5,8-10H2,(H,16,17)(H,18,19). The molecule has 0 aromatic carbocycles. The van der Waals surface area contributed by atoms with Gasteiger partial charge in [-0.1, -0.05) is 6.42 Å². The molecular weight excluding hydrogens is 276 g/mol. The summed E-state index contributed by atoms with van der Waals surface area (Å²) in [5.41, 5.74) is -0.219. The SMILES string of the molecule is O=C(O)CC1(CNC(=O)CSc2ccncc2)CCC1. The van der Waals surface area contributed by atoms with Crippen molar-refractivity contribution in [1.29, 1.82) is 0 Å². The molecule has 108 valence electrons. The highest BCUT2D eigenvalue weighted by molar-refractivity contribution is 8.00. The molecule has 5 nitrogen and oxygen atoms in total. The first-order chi connectivity index (χ1) is 9.60. The molecule has 0 aliphatic heterocycles. The number of rotatable bonds is 7. The number of amides is 1. The number of nitrogens with one attached hydrogen (secondary N) is 1. The Morgan fingerprint density at radius 1 is 1.35 bits per heavy atom. The molecule has 0 bridgehead atoms. The Morgan fingerprint density at radius 2 is 2.05 bits per heavy atom. The minimum Gasteiger partial charge on any atom is -0.481 e. The lowest BCUT2D eigenvalue weighted by molar-refractivity contribution is -0.141. The van der Waals surface area contributed by atoms with Gasteiger partial charge in [0.25, 0.3) is 0 Å². The first-order valence-electron chi connectivity index (χ1n) is 6.61. The number of aliphatic carboxylic acids is 1. The zero-order valence-corrected chi connectivity index (χ0v) is 12.0. The third-order valence-electron chi connectivity index (χ3n) is 3.62. The van der Waals surface area contributed by atoms with Crippen LogP contribution >= 0.6 is 11.8 Å². The quantitative estimate of drug-likeness (QED) is 0.751. The van der Waals surface area contributed by atoms with Gasteiger partial charge in [-0.05, 0) is 30.4 Å². The number of thioether (sulfide) groups is 1. The Bertz CT molecular complexity index is 475. The average molecular weight is 294 g/mol. The van der Waals surface area contributed by atoms with E-state index in [9.17, 15) is 9.59 Å². The van der Waals surface area contributed by atoms with Gasteiger partial charge in [-0.15, -0.1) is 11.8 Å². The van der Waals surface area contributed by atoms with Crippen LogP contribution in [0.5, 0.6) is 0 Å². The summed E-state index contributed by atoms with van der Waals surface area (Å²) in [4.78, 5) is 27.6. The fourth-order valence-electron chi connectivity index (χ4n) is 2.33. The topological polar surface area (TPSA) is 79.3 Å². The number of hydrogen-bond donors (Lipinski definition) is 2. The van der Waals surface area contributed by atoms with E-state index in [1.165, 1.54) is 11.8 Å². The van der Waals surface area contributed by atoms with Gasteiger partial charge in [-0.25, -0.2) is 0 Å². The van der Waals surface area contributed by atoms with Crippen LogP contribution in [0.4, 0.5) is 0 Å². The van der Waals surface area contributed by atoms with Crippen molar-refractivity contribution in [3.05, 3.63) is 24.5 Å². The van der Waals surface area contributed by atoms with E-state index < -0.39 is 5.97 Å². The molecule has 1 aliphatic rings. The molecule has 0 spiro atoms. The van der Waals surface area contributed by atoms with Crippen molar-refractivity contribution in [3.8, 4) is 0 Å². The molecular formula is C14H18N2O3S. The molecule has 1 amide bonds. The highest BCUT2D eigenvalue weighted by atomic mass is 32.2. The molecule has 2 N–H and O–H groups in total. The van der Waals surface area contributed by atoms with Crippen molar-refractivity contribution in [2.24, 2.45) is 5.41 Å². The summed E-state index contributed by atoms with van der Waals surface area (Å²) in [6.07, 6.45) is 6.35. The monoisotopic (exact) mass is 294 g/mol. The molecule has 20 heavy (non-hydrogen) atoms. The van der Waals surface area contributed by atoms with Gasteiger partial charge in [0.15, 0.2) is 0 Å². The molecule has 0 unspecified atom stereocenters. The Balaban J connectivity index is 1.73. The van der Waals surface area contributed by atoms with Gasteiger partial charge in [0, 0.05) is 23.8 Å². The Morgan fingerprint density at radius 3 is 2.60 bits per heavy atom. The van der Waals surface area contributed by atoms with Crippen LogP contribution in [-0.4, -0.2) is 34.3 Å². The van der Waals surface area contributed by atoms with E-state index in [1.807, 2.05) is 12.1 Å². The number of carboxylic acid groups (broad SMARTS) is 1. The Labute approximate surface area is 122 Å². The first kappa shape index (κ1) is 14.8. The van der Waals surface area contributed by atoms with E-state index in [4.69, 9.17) is 5.11 Å². The van der Waals surface area contributed by atoms with Crippen LogP contribution in [0.2, 0.25) is 0 Å². The summed E-state index contributed by atoms with van der Waals surface area (Å²) < 4.78 is 0. The summed E-state index contributed by atoms with van der Waals surface area (Å²) in [7, 11) is 0. The normalized spacial score (nSPS) is 16.2. The second kappa shape index (κ2) is 6.74. The lowest BCUT2D eigenvalue weighted by atomic mass is 9.66. The number of aromatic nitrogens is 1. The fourth-order valence-corrected chi connectivity index (χ4v) is 3.05. The summed E-state index contributed by atoms with van der Waals surface area (Å²) in [5, 5.41) is 11.8. The van der Waals surface area contributed by atoms with Crippen LogP contribution in [0, 0.1) is 5.41 Å². The Kier molecular flexibility index (Phi) is 5.00. The van der Waals surface area contributed by atoms with Crippen molar-refractivity contribution in [2.45, 2.75) is 30.6 Å². The number of carbonyl (C=O) groups is 2. The molecule has 6 heteroatoms. The number of carboxylic acids is 1. The molecule has 1 aliphatic carbocycles. The van der Waals surface area contributed by atoms with Crippen molar-refractivity contribution >= 4 is 23.6 Å². The van der Waals surface area contributed by atoms with Gasteiger partial charge in [0.1, 0.15) is 0 Å². The van der Waals surface area contributed by atoms with Crippen LogP contribution in [0.25, 0.3) is 0 Å². The van der Waals surface area contributed by atoms with Crippen LogP contribution in [0.15, 0.2) is 29.4 Å². The third-order valence-corrected chi connectivity index (χ3v) is 4.63. The maximum atomic E-state index is 11.8. The molecule has 0 radical (unpaired) electrons. The minimum absolute atomic E-state index is 0.0523. The lowest BCUT2D eigenvalue weighted by Gasteiger charge is -2.40. The number of hydrogen-bond acceptors (Lipinski definition) is 4. The largest absolute Gasteiger partial charge is 0.481 e. The summed E-state index contributed by atoms with van der Waals surface area (Å²) in [5.74, 6) is -0.499. The predicted molar refractivity (Wildman–Crippen MR) is 76.5 cm³/mol. The van der Waals surface area contributed by atoms with Gasteiger partial charge in [-0.2, -0.15) is 0 Å². The molecule has 0 atom stereocenters. The van der Waals surface area contributed by atoms with Crippen molar-refractivity contribution in [2.75, 3.05) is 12.3 Å². The van der Waals surface area contributed by atoms with Gasteiger partial charge in [0.05, 0.1) is 12.2 Å². The van der Waals surface area contributed by atoms with Crippen molar-refractivity contribution in [3.63, 3.8) is 0 Å². The Hall–Kier alpha value is -1.56. The van der Waals surface area contributed by atoms with Gasteiger partial charge in [-0.3, -0.25) is 14.6 Å². The van der Waals surface area contributed by atoms with E-state index in [0.29, 0.717) is 12.3 Å². The maximum absolute atomic E-state index is 11.8. The van der Waals surface area contributed by atoms with E-state index in [2.05, 4.69) is 10.3 Å². The maximum Gasteiger partial charge on any atom is 0.303 e. The van der Waals surface area contributed by atoms with Gasteiger partial charge in [0.2, 0.25) is 5.91 Å². The minimum atomic E-state index is -0.787. The molecule has 0 saturated heterocycles. The highest BCUT2D eigenvalue weighted by Crippen LogP contribution is 2.43. The van der Waals surface area contributed by atoms with E-state index in [0.717, 1.165) is 24.2 Å². The zero-order chi connectivity index (χ0) is 14.4. The second-order valence-corrected chi connectivity index (χ2v) is 6.22.